The minimum Gasteiger partial charge on any atom is -0.796 e. The van der Waals surface area contributed by atoms with Crippen LogP contribution in [0.1, 0.15) is 0 Å². The maximum atomic E-state index is 9.53. The van der Waals surface area contributed by atoms with Crippen molar-refractivity contribution in [2.45, 2.75) is 0 Å². The maximum Gasteiger partial charge on any atom is 1.00 e. The molecule has 8 rings (SSSR count). The minimum absolute atomic E-state index is 0. The number of rotatable bonds is 7. The molecule has 3 N–H and O–H groups in total. The molecule has 52 heavy (non-hydrogen) atoms. The number of nitrogens with one attached hydrogen (secondary N) is 2. The predicted molar refractivity (Wildman–Crippen MR) is 206 cm³/mol. The van der Waals surface area contributed by atoms with E-state index in [0.29, 0.717) is 11.9 Å². The van der Waals surface area contributed by atoms with E-state index >= 15 is 0 Å². The first-order valence-corrected chi connectivity index (χ1v) is 17.5. The number of phenols is 1. The van der Waals surface area contributed by atoms with Crippen molar-refractivity contribution in [2.75, 3.05) is 86.4 Å². The van der Waals surface area contributed by atoms with Crippen LogP contribution < -0.4 is 54.7 Å². The van der Waals surface area contributed by atoms with Crippen molar-refractivity contribution in [2.24, 2.45) is 0 Å². The van der Waals surface area contributed by atoms with Crippen molar-refractivity contribution < 1.29 is 48.9 Å². The monoisotopic (exact) mass is 728 g/mol. The van der Waals surface area contributed by atoms with E-state index in [1.807, 2.05) is 60.8 Å². The molecule has 2 saturated heterocycles. The zero-order chi connectivity index (χ0) is 35.4. The van der Waals surface area contributed by atoms with Crippen molar-refractivity contribution in [3.8, 4) is 11.5 Å². The first-order chi connectivity index (χ1) is 25.1. The number of benzene rings is 4. The van der Waals surface area contributed by atoms with Gasteiger partial charge in [0.15, 0.2) is 0 Å². The molecule has 4 aromatic carbocycles. The predicted octanol–water partition coefficient (Wildman–Crippen LogP) is 3.30. The molecule has 4 heterocycles. The quantitative estimate of drug-likeness (QED) is 0.164. The van der Waals surface area contributed by atoms with Crippen molar-refractivity contribution in [1.29, 1.82) is 0 Å². The van der Waals surface area contributed by atoms with E-state index < -0.39 is 0 Å². The van der Waals surface area contributed by atoms with Gasteiger partial charge in [0.1, 0.15) is 11.5 Å². The third kappa shape index (κ3) is 9.94. The average molecular weight is 729 g/mol. The van der Waals surface area contributed by atoms with Gasteiger partial charge < -0.3 is 52.4 Å². The summed E-state index contributed by atoms with van der Waals surface area (Å²) in [5.41, 5.74) is 5.89. The zero-order valence-electron chi connectivity index (χ0n) is 29.7. The third-order valence-electron chi connectivity index (χ3n) is 8.35. The molecule has 6 aromatic rings. The van der Waals surface area contributed by atoms with Gasteiger partial charge in [0.25, 0.3) is 0 Å². The van der Waals surface area contributed by atoms with Gasteiger partial charge in [0.2, 0.25) is 11.9 Å². The Bertz CT molecular complexity index is 2050. The summed E-state index contributed by atoms with van der Waals surface area (Å²) in [6.07, 6.45) is 5.10. The van der Waals surface area contributed by atoms with Crippen LogP contribution in [-0.2, 0) is 22.1 Å². The fraction of sp³-hybridized carbons (Fsp3) is 0.263. The molecule has 264 valence electrons. The average Bonchev–Trinajstić information content (AvgIpc) is 3.20. The number of phenolic OH excluding ortho intramolecular Hbond substituents is 1. The van der Waals surface area contributed by atoms with Gasteiger partial charge in [0, 0.05) is 49.3 Å². The largest absolute Gasteiger partial charge is 1.00 e. The second-order valence-electron chi connectivity index (χ2n) is 11.5. The van der Waals surface area contributed by atoms with Crippen molar-refractivity contribution >= 4 is 69.1 Å². The van der Waals surface area contributed by atoms with Crippen molar-refractivity contribution in [3.63, 3.8) is 0 Å². The SMILES string of the molecule is COc1ccc2nc(Nc3ccccc3N3CCOCC3)ncc2c1.C[S-].Oc1ccc2nc(Nc3ccccc3N3CCOCC3)ncc2c1.[Na+]. The summed E-state index contributed by atoms with van der Waals surface area (Å²) in [6, 6.07) is 27.2. The smallest absolute Gasteiger partial charge is 0.796 e. The molecule has 0 amide bonds. The maximum absolute atomic E-state index is 9.53. The van der Waals surface area contributed by atoms with E-state index in [9.17, 15) is 5.11 Å². The van der Waals surface area contributed by atoms with Gasteiger partial charge in [-0.05, 0) is 60.7 Å². The van der Waals surface area contributed by atoms with Crippen LogP contribution >= 0.6 is 0 Å². The molecular weight excluding hydrogens is 688 g/mol. The molecule has 0 aliphatic carbocycles. The topological polar surface area (TPSA) is 130 Å². The minimum atomic E-state index is 0. The number of nitrogens with zero attached hydrogens (tertiary/aromatic N) is 6. The molecule has 14 heteroatoms. The van der Waals surface area contributed by atoms with Gasteiger partial charge in [-0.2, -0.15) is 6.26 Å². The number of hydrogen-bond acceptors (Lipinski definition) is 13. The number of methoxy groups -OCH3 is 1. The summed E-state index contributed by atoms with van der Waals surface area (Å²) >= 11 is 4.08. The van der Waals surface area contributed by atoms with Crippen LogP contribution in [0.4, 0.5) is 34.6 Å². The van der Waals surface area contributed by atoms with E-state index in [1.54, 1.807) is 37.8 Å². The van der Waals surface area contributed by atoms with E-state index in [4.69, 9.17) is 14.2 Å². The molecule has 0 radical (unpaired) electrons. The van der Waals surface area contributed by atoms with Crippen LogP contribution in [0.25, 0.3) is 21.8 Å². The fourth-order valence-electron chi connectivity index (χ4n) is 5.84. The molecule has 2 aliphatic rings. The normalized spacial score (nSPS) is 13.9. The summed E-state index contributed by atoms with van der Waals surface area (Å²) in [5, 5.41) is 18.0. The summed E-state index contributed by atoms with van der Waals surface area (Å²) in [5.74, 6) is 2.13. The molecule has 0 saturated carbocycles. The molecule has 2 fully saturated rings. The number of ether oxygens (including phenoxy) is 3. The number of para-hydroxylation sites is 4. The number of aromatic hydroxyl groups is 1. The second-order valence-corrected chi connectivity index (χ2v) is 11.5. The number of aromatic nitrogens is 4. The first kappa shape index (κ1) is 38.9. The number of morpholine rings is 2. The van der Waals surface area contributed by atoms with E-state index in [0.717, 1.165) is 103 Å². The fourth-order valence-corrected chi connectivity index (χ4v) is 5.84. The Morgan fingerprint density at radius 2 is 1.12 bits per heavy atom. The van der Waals surface area contributed by atoms with Crippen LogP contribution in [-0.4, -0.2) is 91.0 Å². The van der Waals surface area contributed by atoms with Crippen molar-refractivity contribution in [1.82, 2.24) is 19.9 Å². The standard InChI is InChI=1S/C19H20N4O2.C18H18N4O2.CH4S.Na/c1-24-15-6-7-16-14(12-15)13-20-19(21-16)22-17-4-2-3-5-18(17)23-8-10-25-11-9-23;23-14-5-6-15-13(11-14)12-19-18(20-15)21-16-3-1-2-4-17(16)22-7-9-24-10-8-22;1-2;/h2-7,12-13H,8-11H2,1H3,(H,20,21,22);1-6,11-12,23H,7-10H2,(H,19,20,21);2H,1H3;/q;;;+1/p-1. The van der Waals surface area contributed by atoms with Crippen molar-refractivity contribution in [3.05, 3.63) is 97.3 Å². The Morgan fingerprint density at radius 3 is 1.62 bits per heavy atom. The molecule has 0 spiro atoms. The first-order valence-electron chi connectivity index (χ1n) is 16.7. The Kier molecular flexibility index (Phi) is 14.5. The van der Waals surface area contributed by atoms with Gasteiger partial charge in [-0.25, -0.2) is 19.9 Å². The Labute approximate surface area is 331 Å². The molecule has 0 bridgehead atoms. The number of anilines is 6. The third-order valence-corrected chi connectivity index (χ3v) is 8.35. The number of fused-ring (bicyclic) bond motifs is 2. The molecular formula is C38H41N8NaO4S. The van der Waals surface area contributed by atoms with E-state index in [-0.39, 0.29) is 35.3 Å². The zero-order valence-corrected chi connectivity index (χ0v) is 32.5. The van der Waals surface area contributed by atoms with E-state index in [1.165, 1.54) is 0 Å². The Morgan fingerprint density at radius 1 is 0.654 bits per heavy atom. The second kappa shape index (κ2) is 19.5. The number of hydrogen-bond donors (Lipinski definition) is 3. The Balaban J connectivity index is 0.000000189. The van der Waals surface area contributed by atoms with Crippen LogP contribution in [0.5, 0.6) is 11.5 Å². The van der Waals surface area contributed by atoms with Gasteiger partial charge in [-0.1, -0.05) is 24.3 Å². The molecule has 0 unspecified atom stereocenters. The van der Waals surface area contributed by atoms with Gasteiger partial charge >= 0.3 is 29.6 Å². The van der Waals surface area contributed by atoms with Gasteiger partial charge in [-0.3, -0.25) is 0 Å². The van der Waals surface area contributed by atoms with E-state index in [2.05, 4.69) is 65.1 Å². The molecule has 2 aromatic heterocycles. The van der Waals surface area contributed by atoms with Crippen LogP contribution in [0.15, 0.2) is 97.3 Å². The van der Waals surface area contributed by atoms with Gasteiger partial charge in [0.05, 0.1) is 67.3 Å². The van der Waals surface area contributed by atoms with Crippen LogP contribution in [0.2, 0.25) is 0 Å². The van der Waals surface area contributed by atoms with Gasteiger partial charge in [-0.15, -0.1) is 0 Å². The Hall–Kier alpha value is -4.37. The van der Waals surface area contributed by atoms with Crippen LogP contribution in [0, 0.1) is 0 Å². The summed E-state index contributed by atoms with van der Waals surface area (Å²) in [4.78, 5) is 22.5. The molecule has 12 nitrogen and oxygen atoms in total. The summed E-state index contributed by atoms with van der Waals surface area (Å²) in [7, 11) is 1.65. The van der Waals surface area contributed by atoms with Crippen LogP contribution in [0.3, 0.4) is 0 Å². The summed E-state index contributed by atoms with van der Waals surface area (Å²) in [6.45, 7) is 6.50. The molecule has 0 atom stereocenters. The summed E-state index contributed by atoms with van der Waals surface area (Å²) < 4.78 is 16.1. The molecule has 2 aliphatic heterocycles.